The summed E-state index contributed by atoms with van der Waals surface area (Å²) in [5.74, 6) is 0.887. The van der Waals surface area contributed by atoms with Gasteiger partial charge in [-0.2, -0.15) is 0 Å². The Morgan fingerprint density at radius 1 is 1.45 bits per heavy atom. The van der Waals surface area contributed by atoms with Crippen LogP contribution in [0, 0.1) is 6.92 Å². The number of rotatable bonds is 6. The summed E-state index contributed by atoms with van der Waals surface area (Å²) >= 11 is 7.74. The minimum Gasteiger partial charge on any atom is -0.493 e. The third kappa shape index (κ3) is 3.72. The Bertz CT molecular complexity index is 571. The standard InChI is InChI=1S/C15H19ClN2OS/c1-10(17-3)13-8-12(16)4-5-14(13)19-7-6-15-11(2)18-9-20-15/h4-5,8-10,17H,6-7H2,1-3H3. The number of nitrogens with one attached hydrogen (secondary N) is 1. The molecule has 0 aliphatic carbocycles. The molecule has 0 saturated heterocycles. The van der Waals surface area contributed by atoms with E-state index in [4.69, 9.17) is 16.3 Å². The molecule has 20 heavy (non-hydrogen) atoms. The lowest BCUT2D eigenvalue weighted by Crippen LogP contribution is -2.14. The van der Waals surface area contributed by atoms with Gasteiger partial charge in [-0.05, 0) is 39.1 Å². The van der Waals surface area contributed by atoms with Crippen LogP contribution in [0.15, 0.2) is 23.7 Å². The van der Waals surface area contributed by atoms with E-state index in [1.165, 1.54) is 4.88 Å². The van der Waals surface area contributed by atoms with Crippen LogP contribution in [0.3, 0.4) is 0 Å². The van der Waals surface area contributed by atoms with Crippen molar-refractivity contribution in [3.05, 3.63) is 44.9 Å². The lowest BCUT2D eigenvalue weighted by Gasteiger charge is -2.17. The van der Waals surface area contributed by atoms with Gasteiger partial charge in [0.05, 0.1) is 17.8 Å². The molecule has 0 aliphatic heterocycles. The number of aryl methyl sites for hydroxylation is 1. The van der Waals surface area contributed by atoms with E-state index in [1.807, 2.05) is 37.7 Å². The van der Waals surface area contributed by atoms with Gasteiger partial charge < -0.3 is 10.1 Å². The van der Waals surface area contributed by atoms with E-state index >= 15 is 0 Å². The van der Waals surface area contributed by atoms with E-state index < -0.39 is 0 Å². The van der Waals surface area contributed by atoms with Crippen LogP contribution < -0.4 is 10.1 Å². The Kier molecular flexibility index (Phi) is 5.40. The fourth-order valence-electron chi connectivity index (χ4n) is 1.96. The zero-order chi connectivity index (χ0) is 14.5. The van der Waals surface area contributed by atoms with E-state index in [-0.39, 0.29) is 6.04 Å². The second-order valence-electron chi connectivity index (χ2n) is 4.65. The number of benzene rings is 1. The minimum absolute atomic E-state index is 0.203. The van der Waals surface area contributed by atoms with Gasteiger partial charge in [0.2, 0.25) is 0 Å². The molecule has 5 heteroatoms. The van der Waals surface area contributed by atoms with Crippen LogP contribution in [0.1, 0.15) is 29.1 Å². The molecule has 0 amide bonds. The summed E-state index contributed by atoms with van der Waals surface area (Å²) in [6.07, 6.45) is 0.881. The van der Waals surface area contributed by atoms with E-state index in [0.717, 1.165) is 28.5 Å². The monoisotopic (exact) mass is 310 g/mol. The molecule has 2 aromatic rings. The molecule has 1 aromatic heterocycles. The van der Waals surface area contributed by atoms with Crippen LogP contribution in [-0.4, -0.2) is 18.6 Å². The Morgan fingerprint density at radius 3 is 2.90 bits per heavy atom. The summed E-state index contributed by atoms with van der Waals surface area (Å²) in [4.78, 5) is 5.53. The summed E-state index contributed by atoms with van der Waals surface area (Å²) < 4.78 is 5.92. The Morgan fingerprint density at radius 2 is 2.25 bits per heavy atom. The summed E-state index contributed by atoms with van der Waals surface area (Å²) in [6.45, 7) is 4.77. The number of hydrogen-bond acceptors (Lipinski definition) is 4. The van der Waals surface area contributed by atoms with Gasteiger partial charge in [-0.15, -0.1) is 11.3 Å². The lowest BCUT2D eigenvalue weighted by molar-refractivity contribution is 0.316. The van der Waals surface area contributed by atoms with Crippen LogP contribution in [0.5, 0.6) is 5.75 Å². The first-order valence-corrected chi connectivity index (χ1v) is 7.86. The second-order valence-corrected chi connectivity index (χ2v) is 6.03. The van der Waals surface area contributed by atoms with Crippen molar-refractivity contribution in [1.29, 1.82) is 0 Å². The number of nitrogens with zero attached hydrogens (tertiary/aromatic N) is 1. The number of aromatic nitrogens is 1. The van der Waals surface area contributed by atoms with E-state index in [1.54, 1.807) is 11.3 Å². The van der Waals surface area contributed by atoms with Gasteiger partial charge in [-0.25, -0.2) is 4.98 Å². The molecule has 0 saturated carbocycles. The van der Waals surface area contributed by atoms with Gasteiger partial charge in [-0.1, -0.05) is 11.6 Å². The predicted molar refractivity (Wildman–Crippen MR) is 85.0 cm³/mol. The first-order valence-electron chi connectivity index (χ1n) is 6.60. The van der Waals surface area contributed by atoms with Gasteiger partial charge in [-0.3, -0.25) is 0 Å². The highest BCUT2D eigenvalue weighted by atomic mass is 35.5. The van der Waals surface area contributed by atoms with Crippen LogP contribution in [-0.2, 0) is 6.42 Å². The number of halogens is 1. The molecule has 1 aromatic carbocycles. The Hall–Kier alpha value is -1.10. The third-order valence-corrected chi connectivity index (χ3v) is 4.53. The fraction of sp³-hybridized carbons (Fsp3) is 0.400. The molecule has 0 fully saturated rings. The Labute approximate surface area is 129 Å². The smallest absolute Gasteiger partial charge is 0.124 e. The van der Waals surface area contributed by atoms with Gasteiger partial charge in [0.25, 0.3) is 0 Å². The van der Waals surface area contributed by atoms with Crippen LogP contribution in [0.4, 0.5) is 0 Å². The molecule has 1 heterocycles. The van der Waals surface area contributed by atoms with Gasteiger partial charge in [0, 0.05) is 27.9 Å². The van der Waals surface area contributed by atoms with Crippen molar-refractivity contribution < 1.29 is 4.74 Å². The summed E-state index contributed by atoms with van der Waals surface area (Å²) in [7, 11) is 1.93. The van der Waals surface area contributed by atoms with Crippen molar-refractivity contribution in [2.75, 3.05) is 13.7 Å². The molecular formula is C15H19ClN2OS. The zero-order valence-electron chi connectivity index (χ0n) is 11.9. The highest BCUT2D eigenvalue weighted by Gasteiger charge is 2.11. The molecule has 0 radical (unpaired) electrons. The summed E-state index contributed by atoms with van der Waals surface area (Å²) in [5, 5.41) is 3.94. The predicted octanol–water partition coefficient (Wildman–Crippen LogP) is 4.01. The van der Waals surface area contributed by atoms with Crippen LogP contribution in [0.25, 0.3) is 0 Å². The molecule has 0 bridgehead atoms. The van der Waals surface area contributed by atoms with E-state index in [9.17, 15) is 0 Å². The minimum atomic E-state index is 0.203. The van der Waals surface area contributed by atoms with E-state index in [0.29, 0.717) is 6.61 Å². The molecule has 2 rings (SSSR count). The van der Waals surface area contributed by atoms with E-state index in [2.05, 4.69) is 17.2 Å². The lowest BCUT2D eigenvalue weighted by atomic mass is 10.1. The highest BCUT2D eigenvalue weighted by molar-refractivity contribution is 7.09. The van der Waals surface area contributed by atoms with Crippen molar-refractivity contribution in [3.8, 4) is 5.75 Å². The molecule has 1 N–H and O–H groups in total. The molecule has 108 valence electrons. The molecule has 1 atom stereocenters. The fourth-order valence-corrected chi connectivity index (χ4v) is 2.91. The van der Waals surface area contributed by atoms with Gasteiger partial charge >= 0.3 is 0 Å². The third-order valence-electron chi connectivity index (χ3n) is 3.30. The van der Waals surface area contributed by atoms with Crippen molar-refractivity contribution in [1.82, 2.24) is 10.3 Å². The molecule has 1 unspecified atom stereocenters. The maximum atomic E-state index is 6.06. The molecule has 0 aliphatic rings. The molecule has 0 spiro atoms. The van der Waals surface area contributed by atoms with Crippen LogP contribution in [0.2, 0.25) is 5.02 Å². The molecule has 3 nitrogen and oxygen atoms in total. The van der Waals surface area contributed by atoms with Gasteiger partial charge in [0.15, 0.2) is 0 Å². The van der Waals surface area contributed by atoms with Gasteiger partial charge in [0.1, 0.15) is 5.75 Å². The quantitative estimate of drug-likeness (QED) is 0.875. The molecular weight excluding hydrogens is 292 g/mol. The maximum absolute atomic E-state index is 6.06. The number of hydrogen-bond donors (Lipinski definition) is 1. The number of ether oxygens (including phenoxy) is 1. The average Bonchev–Trinajstić information content (AvgIpc) is 2.85. The van der Waals surface area contributed by atoms with Crippen molar-refractivity contribution >= 4 is 22.9 Å². The van der Waals surface area contributed by atoms with Crippen LogP contribution >= 0.6 is 22.9 Å². The first kappa shape index (κ1) is 15.3. The maximum Gasteiger partial charge on any atom is 0.124 e. The largest absolute Gasteiger partial charge is 0.493 e. The van der Waals surface area contributed by atoms with Crippen molar-refractivity contribution in [3.63, 3.8) is 0 Å². The van der Waals surface area contributed by atoms with Crippen molar-refractivity contribution in [2.24, 2.45) is 0 Å². The highest BCUT2D eigenvalue weighted by Crippen LogP contribution is 2.28. The topological polar surface area (TPSA) is 34.1 Å². The average molecular weight is 311 g/mol. The summed E-state index contributed by atoms with van der Waals surface area (Å²) in [5.41, 5.74) is 4.06. The normalized spacial score (nSPS) is 12.4. The van der Waals surface area contributed by atoms with Crippen molar-refractivity contribution in [2.45, 2.75) is 26.3 Å². The second kappa shape index (κ2) is 7.07. The zero-order valence-corrected chi connectivity index (χ0v) is 13.5. The Balaban J connectivity index is 2.04. The number of thiazole rings is 1. The summed E-state index contributed by atoms with van der Waals surface area (Å²) in [6, 6.07) is 5.95. The SMILES string of the molecule is CNC(C)c1cc(Cl)ccc1OCCc1scnc1C. The first-order chi connectivity index (χ1) is 9.61.